The van der Waals surface area contributed by atoms with E-state index in [-0.39, 0.29) is 18.5 Å². The number of nitrogens with zero attached hydrogens (tertiary/aromatic N) is 2. The van der Waals surface area contributed by atoms with E-state index in [1.54, 1.807) is 4.90 Å². The lowest BCUT2D eigenvalue weighted by atomic mass is 9.95. The smallest absolute Gasteiger partial charge is 0.327 e. The number of nitrogens with one attached hydrogen (secondary N) is 1. The van der Waals surface area contributed by atoms with Gasteiger partial charge >= 0.3 is 6.03 Å². The lowest BCUT2D eigenvalue weighted by Gasteiger charge is -2.17. The molecule has 3 amide bonds. The summed E-state index contributed by atoms with van der Waals surface area (Å²) >= 11 is 0. The Hall–Kier alpha value is -3.02. The Bertz CT molecular complexity index is 935. The van der Waals surface area contributed by atoms with Gasteiger partial charge in [0.1, 0.15) is 6.54 Å². The van der Waals surface area contributed by atoms with Crippen LogP contribution in [0.1, 0.15) is 30.9 Å². The van der Waals surface area contributed by atoms with Gasteiger partial charge < -0.3 is 16.0 Å². The molecular weight excluding hydrogens is 364 g/mol. The molecule has 152 valence electrons. The Morgan fingerprint density at radius 3 is 2.41 bits per heavy atom. The molecule has 1 aliphatic carbocycles. The van der Waals surface area contributed by atoms with Gasteiger partial charge in [-0.1, -0.05) is 37.3 Å². The van der Waals surface area contributed by atoms with Crippen molar-refractivity contribution < 1.29 is 9.59 Å². The van der Waals surface area contributed by atoms with Crippen LogP contribution in [0.15, 0.2) is 36.4 Å². The first-order chi connectivity index (χ1) is 14.0. The molecule has 0 spiro atoms. The van der Waals surface area contributed by atoms with Gasteiger partial charge in [0.25, 0.3) is 0 Å². The van der Waals surface area contributed by atoms with E-state index in [4.69, 9.17) is 5.73 Å². The molecule has 6 nitrogen and oxygen atoms in total. The molecule has 29 heavy (non-hydrogen) atoms. The third kappa shape index (κ3) is 3.92. The van der Waals surface area contributed by atoms with Gasteiger partial charge in [-0.3, -0.25) is 9.69 Å². The van der Waals surface area contributed by atoms with Gasteiger partial charge in [-0.05, 0) is 53.5 Å². The van der Waals surface area contributed by atoms with Gasteiger partial charge in [0.15, 0.2) is 0 Å². The van der Waals surface area contributed by atoms with Crippen LogP contribution in [0.2, 0.25) is 0 Å². The van der Waals surface area contributed by atoms with E-state index in [1.807, 2.05) is 12.1 Å². The van der Waals surface area contributed by atoms with Gasteiger partial charge in [0, 0.05) is 20.1 Å². The Morgan fingerprint density at radius 1 is 1.10 bits per heavy atom. The number of benzene rings is 2. The minimum Gasteiger partial charge on any atom is -0.397 e. The summed E-state index contributed by atoms with van der Waals surface area (Å²) in [6, 6.07) is 12.1. The summed E-state index contributed by atoms with van der Waals surface area (Å²) in [6.45, 7) is 3.69. The standard InChI is InChI=1S/C23H28N4O2/c1-3-18-19(10-11-20(22(18)24)25-12-15-4-5-15)17-8-6-16(7-9-17)13-27-14-21(28)26(2)23(27)29/h6-11,15,25H,3-5,12-14,24H2,1-2H3. The highest BCUT2D eigenvalue weighted by atomic mass is 16.2. The lowest BCUT2D eigenvalue weighted by molar-refractivity contribution is -0.124. The zero-order valence-corrected chi connectivity index (χ0v) is 17.1. The van der Waals surface area contributed by atoms with E-state index < -0.39 is 0 Å². The van der Waals surface area contributed by atoms with Gasteiger partial charge in [-0.25, -0.2) is 4.79 Å². The number of urea groups is 1. The van der Waals surface area contributed by atoms with E-state index in [1.165, 1.54) is 24.8 Å². The summed E-state index contributed by atoms with van der Waals surface area (Å²) in [6.07, 6.45) is 3.48. The third-order valence-corrected chi connectivity index (χ3v) is 5.88. The van der Waals surface area contributed by atoms with Crippen LogP contribution in [0.4, 0.5) is 16.2 Å². The van der Waals surface area contributed by atoms with Crippen LogP contribution < -0.4 is 11.1 Å². The van der Waals surface area contributed by atoms with Crippen LogP contribution >= 0.6 is 0 Å². The van der Waals surface area contributed by atoms with Crippen molar-refractivity contribution in [1.82, 2.24) is 9.80 Å². The van der Waals surface area contributed by atoms with E-state index in [0.29, 0.717) is 6.54 Å². The number of imide groups is 1. The molecule has 1 saturated heterocycles. The van der Waals surface area contributed by atoms with Crippen molar-refractivity contribution in [1.29, 1.82) is 0 Å². The average molecular weight is 393 g/mol. The van der Waals surface area contributed by atoms with Gasteiger partial charge in [-0.15, -0.1) is 0 Å². The van der Waals surface area contributed by atoms with Crippen molar-refractivity contribution in [2.45, 2.75) is 32.7 Å². The zero-order chi connectivity index (χ0) is 20.5. The van der Waals surface area contributed by atoms with E-state index in [9.17, 15) is 9.59 Å². The predicted molar refractivity (Wildman–Crippen MR) is 115 cm³/mol. The van der Waals surface area contributed by atoms with E-state index in [0.717, 1.165) is 52.5 Å². The number of anilines is 2. The zero-order valence-electron chi connectivity index (χ0n) is 17.1. The third-order valence-electron chi connectivity index (χ3n) is 5.88. The van der Waals surface area contributed by atoms with Crippen LogP contribution in [0.25, 0.3) is 11.1 Å². The fraction of sp³-hybridized carbons (Fsp3) is 0.391. The SMILES string of the molecule is CCc1c(-c2ccc(CN3CC(=O)N(C)C3=O)cc2)ccc(NCC2CC2)c1N. The maximum atomic E-state index is 12.1. The summed E-state index contributed by atoms with van der Waals surface area (Å²) in [5, 5.41) is 3.50. The molecule has 1 saturated carbocycles. The van der Waals surface area contributed by atoms with Crippen LogP contribution in [-0.4, -0.2) is 41.9 Å². The van der Waals surface area contributed by atoms with Crippen molar-refractivity contribution >= 4 is 23.3 Å². The minimum absolute atomic E-state index is 0.142. The van der Waals surface area contributed by atoms with Crippen molar-refractivity contribution in [2.75, 3.05) is 31.2 Å². The first-order valence-corrected chi connectivity index (χ1v) is 10.3. The number of likely N-dealkylation sites (N-methyl/N-ethyl adjacent to an activating group) is 1. The van der Waals surface area contributed by atoms with Gasteiger partial charge in [0.05, 0.1) is 11.4 Å². The molecule has 2 aliphatic rings. The molecule has 0 bridgehead atoms. The summed E-state index contributed by atoms with van der Waals surface area (Å²) in [5.74, 6) is 0.634. The normalized spacial score (nSPS) is 16.6. The maximum absolute atomic E-state index is 12.1. The number of carbonyl (C=O) groups excluding carboxylic acids is 2. The van der Waals surface area contributed by atoms with Gasteiger partial charge in [0.2, 0.25) is 5.91 Å². The van der Waals surface area contributed by atoms with Crippen LogP contribution in [0, 0.1) is 5.92 Å². The number of rotatable bonds is 7. The molecular formula is C23H28N4O2. The first-order valence-electron chi connectivity index (χ1n) is 10.3. The molecule has 2 aromatic carbocycles. The summed E-state index contributed by atoms with van der Waals surface area (Å²) in [4.78, 5) is 26.5. The van der Waals surface area contributed by atoms with Gasteiger partial charge in [-0.2, -0.15) is 0 Å². The number of hydrogen-bond acceptors (Lipinski definition) is 4. The Balaban J connectivity index is 1.51. The molecule has 1 aliphatic heterocycles. The molecule has 0 aromatic heterocycles. The number of carbonyl (C=O) groups is 2. The number of nitrogen functional groups attached to an aromatic ring is 1. The molecule has 2 aromatic rings. The molecule has 6 heteroatoms. The summed E-state index contributed by atoms with van der Waals surface area (Å²) < 4.78 is 0. The number of nitrogens with two attached hydrogens (primary N) is 1. The highest BCUT2D eigenvalue weighted by Crippen LogP contribution is 2.35. The quantitative estimate of drug-likeness (QED) is 0.556. The van der Waals surface area contributed by atoms with Crippen molar-refractivity contribution in [3.8, 4) is 11.1 Å². The van der Waals surface area contributed by atoms with Crippen LogP contribution in [0.5, 0.6) is 0 Å². The monoisotopic (exact) mass is 392 g/mol. The van der Waals surface area contributed by atoms with Crippen LogP contribution in [-0.2, 0) is 17.8 Å². The first kappa shape index (κ1) is 19.3. The lowest BCUT2D eigenvalue weighted by Crippen LogP contribution is -2.29. The van der Waals surface area contributed by atoms with Crippen LogP contribution in [0.3, 0.4) is 0 Å². The highest BCUT2D eigenvalue weighted by Gasteiger charge is 2.32. The predicted octanol–water partition coefficient (Wildman–Crippen LogP) is 3.71. The minimum atomic E-state index is -0.241. The largest absolute Gasteiger partial charge is 0.397 e. The number of amides is 3. The molecule has 0 unspecified atom stereocenters. The molecule has 2 fully saturated rings. The fourth-order valence-corrected chi connectivity index (χ4v) is 3.84. The van der Waals surface area contributed by atoms with E-state index >= 15 is 0 Å². The molecule has 3 N–H and O–H groups in total. The molecule has 0 atom stereocenters. The van der Waals surface area contributed by atoms with E-state index in [2.05, 4.69) is 36.5 Å². The fourth-order valence-electron chi connectivity index (χ4n) is 3.84. The summed E-state index contributed by atoms with van der Waals surface area (Å²) in [7, 11) is 1.52. The second-order valence-electron chi connectivity index (χ2n) is 8.02. The topological polar surface area (TPSA) is 78.7 Å². The number of hydrogen-bond donors (Lipinski definition) is 2. The van der Waals surface area contributed by atoms with Crippen molar-refractivity contribution in [3.05, 3.63) is 47.5 Å². The maximum Gasteiger partial charge on any atom is 0.327 e. The highest BCUT2D eigenvalue weighted by molar-refractivity contribution is 6.01. The Kier molecular flexibility index (Phi) is 5.18. The molecule has 4 rings (SSSR count). The molecule has 0 radical (unpaired) electrons. The molecule has 1 heterocycles. The Labute approximate surface area is 171 Å². The average Bonchev–Trinajstić information content (AvgIpc) is 3.52. The Morgan fingerprint density at radius 2 is 1.83 bits per heavy atom. The van der Waals surface area contributed by atoms with Crippen molar-refractivity contribution in [3.63, 3.8) is 0 Å². The second kappa shape index (κ2) is 7.78. The summed E-state index contributed by atoms with van der Waals surface area (Å²) in [5.41, 5.74) is 12.7. The second-order valence-corrected chi connectivity index (χ2v) is 8.02. The van der Waals surface area contributed by atoms with Crippen molar-refractivity contribution in [2.24, 2.45) is 5.92 Å².